The number of imide groups is 1. The molecule has 5 heterocycles. The summed E-state index contributed by atoms with van der Waals surface area (Å²) in [5.74, 6) is 1.47. The minimum Gasteiger partial charge on any atom is -0.492 e. The molecule has 5 aliphatic rings. The van der Waals surface area contributed by atoms with Crippen LogP contribution in [0.4, 0.5) is 10.6 Å². The molecule has 0 saturated carbocycles. The van der Waals surface area contributed by atoms with Gasteiger partial charge in [-0.1, -0.05) is 36.0 Å². The molecule has 4 fully saturated rings. The van der Waals surface area contributed by atoms with E-state index in [1.54, 1.807) is 6.20 Å². The highest BCUT2D eigenvalue weighted by Crippen LogP contribution is 2.33. The largest absolute Gasteiger partial charge is 0.492 e. The number of nitrogens with one attached hydrogen (secondary N) is 2. The van der Waals surface area contributed by atoms with Crippen LogP contribution in [0.3, 0.4) is 0 Å². The van der Waals surface area contributed by atoms with Crippen molar-refractivity contribution in [2.45, 2.75) is 135 Å². The van der Waals surface area contributed by atoms with E-state index in [9.17, 15) is 76.0 Å². The zero-order valence-electron chi connectivity index (χ0n) is 37.4. The molecule has 1 aromatic carbocycles. The molecule has 0 radical (unpaired) electrons. The molecule has 4 aliphatic heterocycles. The Balaban J connectivity index is 0.000000264. The van der Waals surface area contributed by atoms with Crippen LogP contribution >= 0.6 is 11.8 Å². The Morgan fingerprint density at radius 3 is 1.97 bits per heavy atom. The summed E-state index contributed by atoms with van der Waals surface area (Å²) in [6, 6.07) is 11.2. The highest BCUT2D eigenvalue weighted by molar-refractivity contribution is 8.15. The van der Waals surface area contributed by atoms with Crippen LogP contribution in [0.15, 0.2) is 60.3 Å². The lowest BCUT2D eigenvalue weighted by Crippen LogP contribution is -2.68. The van der Waals surface area contributed by atoms with Crippen LogP contribution in [-0.2, 0) is 34.9 Å². The lowest BCUT2D eigenvalue weighted by atomic mass is 9.86. The predicted molar refractivity (Wildman–Crippen MR) is 236 cm³/mol. The first-order chi connectivity index (χ1) is 32.9. The van der Waals surface area contributed by atoms with Crippen molar-refractivity contribution in [3.05, 3.63) is 65.9 Å². The summed E-state index contributed by atoms with van der Waals surface area (Å²) in [6.45, 7) is 0.512. The number of benzene rings is 1. The van der Waals surface area contributed by atoms with E-state index < -0.39 is 136 Å². The molecule has 0 bridgehead atoms. The fourth-order valence-electron chi connectivity index (χ4n) is 8.27. The summed E-state index contributed by atoms with van der Waals surface area (Å²) in [7, 11) is 1.97. The monoisotopic (exact) mass is 1000 g/mol. The van der Waals surface area contributed by atoms with Crippen LogP contribution in [-0.4, -0.2) is 244 Å². The van der Waals surface area contributed by atoms with Gasteiger partial charge in [-0.3, -0.25) is 14.9 Å². The van der Waals surface area contributed by atoms with Gasteiger partial charge in [-0.25, -0.2) is 4.98 Å². The zero-order valence-corrected chi connectivity index (χ0v) is 38.2. The van der Waals surface area contributed by atoms with Crippen molar-refractivity contribution >= 4 is 28.7 Å². The number of amides is 2. The third-order valence-electron chi connectivity index (χ3n) is 12.3. The minimum absolute atomic E-state index is 0.0225. The number of aromatic nitrogens is 1. The number of hydrogen-bond donors (Lipinski definition) is 15. The molecule has 4 saturated heterocycles. The maximum Gasteiger partial charge on any atom is 0.286 e. The van der Waals surface area contributed by atoms with E-state index >= 15 is 0 Å². The average molecular weight is 1000 g/mol. The summed E-state index contributed by atoms with van der Waals surface area (Å²) in [5.41, 5.74) is 1.02. The maximum absolute atomic E-state index is 11.6. The fraction of sp³-hybridized carbons (Fsp3) is 0.651. The van der Waals surface area contributed by atoms with Crippen molar-refractivity contribution in [1.82, 2.24) is 15.6 Å². The Bertz CT molecular complexity index is 1980. The van der Waals surface area contributed by atoms with Gasteiger partial charge in [0, 0.05) is 13.2 Å². The first-order valence-corrected chi connectivity index (χ1v) is 23.0. The van der Waals surface area contributed by atoms with E-state index in [2.05, 4.69) is 15.6 Å². The number of nitrogens with zero attached hydrogens (tertiary/aromatic N) is 2. The summed E-state index contributed by atoms with van der Waals surface area (Å²) in [6.07, 6.45) is -24.3. The van der Waals surface area contributed by atoms with Crippen molar-refractivity contribution in [3.63, 3.8) is 0 Å². The van der Waals surface area contributed by atoms with Gasteiger partial charge >= 0.3 is 0 Å². The molecule has 2 amide bonds. The molecule has 1 aliphatic carbocycles. The SMILES string of the molecule is CN(CCOc1ccc(CC2SC(=O)NC2=O)cc1)c1ccccn1.C[C@H]1O[C@H](O[C@H]2[C@H](O)[C@@H](O)[C@@H](O[C@H]3[C@H](O)[C@@H](O)C(O)O[C@@H]3CO)O[C@@H]2CO)[C@H](O)[C@@H](O)[C@@H]1N[C@H]1C=C(CO)[C@@H](O)[C@H](O)[C@H]1O. The third kappa shape index (κ3) is 13.1. The van der Waals surface area contributed by atoms with E-state index in [0.717, 1.165) is 35.4 Å². The number of carbonyl (C=O) groups excluding carboxylic acids is 2. The number of ether oxygens (including phenoxy) is 6. The second kappa shape index (κ2) is 24.7. The van der Waals surface area contributed by atoms with Gasteiger partial charge in [0.2, 0.25) is 5.91 Å². The van der Waals surface area contributed by atoms with E-state index in [1.165, 1.54) is 13.0 Å². The molecule has 25 nitrogen and oxygen atoms in total. The summed E-state index contributed by atoms with van der Waals surface area (Å²) in [5, 5.41) is 137. The highest BCUT2D eigenvalue weighted by atomic mass is 32.2. The van der Waals surface area contributed by atoms with Crippen molar-refractivity contribution in [3.8, 4) is 5.75 Å². The number of carbonyl (C=O) groups is 2. The van der Waals surface area contributed by atoms with Crippen LogP contribution in [0.1, 0.15) is 12.5 Å². The Morgan fingerprint density at radius 2 is 1.38 bits per heavy atom. The number of thioether (sulfide) groups is 1. The van der Waals surface area contributed by atoms with E-state index in [1.807, 2.05) is 54.4 Å². The number of pyridine rings is 1. The Labute approximate surface area is 399 Å². The number of rotatable bonds is 16. The van der Waals surface area contributed by atoms with Gasteiger partial charge in [-0.2, -0.15) is 0 Å². The molecule has 1 aromatic heterocycles. The van der Waals surface area contributed by atoms with Crippen molar-refractivity contribution in [2.75, 3.05) is 44.9 Å². The van der Waals surface area contributed by atoms with E-state index in [0.29, 0.717) is 13.0 Å². The van der Waals surface area contributed by atoms with Crippen LogP contribution in [0.5, 0.6) is 5.75 Å². The van der Waals surface area contributed by atoms with Crippen molar-refractivity contribution in [2.24, 2.45) is 0 Å². The normalized spacial score (nSPS) is 39.2. The molecule has 2 aromatic rings. The van der Waals surface area contributed by atoms with Crippen molar-refractivity contribution < 1.29 is 104 Å². The Hall–Kier alpha value is -3.56. The summed E-state index contributed by atoms with van der Waals surface area (Å²) in [4.78, 5) is 29.1. The molecular weight excluding hydrogens is 941 g/mol. The molecule has 15 N–H and O–H groups in total. The fourth-order valence-corrected chi connectivity index (χ4v) is 9.13. The Morgan fingerprint density at radius 1 is 0.754 bits per heavy atom. The molecular formula is C43H62N4O21S. The quantitative estimate of drug-likeness (QED) is 0.0696. The third-order valence-corrected chi connectivity index (χ3v) is 13.3. The van der Waals surface area contributed by atoms with Gasteiger partial charge in [0.15, 0.2) is 18.9 Å². The van der Waals surface area contributed by atoms with E-state index in [4.69, 9.17) is 28.4 Å². The number of aliphatic hydroxyl groups excluding tert-OH is 13. The predicted octanol–water partition coefficient (Wildman–Crippen LogP) is -6.07. The van der Waals surface area contributed by atoms with Gasteiger partial charge in [0.1, 0.15) is 97.5 Å². The number of hydrogen-bond acceptors (Lipinski definition) is 25. The summed E-state index contributed by atoms with van der Waals surface area (Å²) < 4.78 is 33.1. The van der Waals surface area contributed by atoms with Gasteiger partial charge in [0.05, 0.1) is 49.8 Å². The zero-order chi connectivity index (χ0) is 50.3. The molecule has 26 heteroatoms. The molecule has 69 heavy (non-hydrogen) atoms. The number of likely N-dealkylation sites (N-methyl/N-ethyl adjacent to an activating group) is 1. The molecule has 386 valence electrons. The molecule has 20 atom stereocenters. The number of aliphatic hydroxyl groups is 13. The molecule has 7 rings (SSSR count). The standard InChI is InChI=1S/C25H43NO18.C18H19N3O3S/c1-6-11(26-8-2-7(3-27)12(30)15(33)13(8)31)14(32)19(37)24(40-6)43-22-10(5-29)42-25(20(38)17(22)35)44-21-9(4-28)41-23(39)18(36)16(21)34;1-21(16-4-2-3-9-19-16)10-11-24-14-7-5-13(6-8-14)12-15-17(22)20-18(23)25-15/h2,6,8-39H,3-5H2,1H3;2-9,15H,10-12H2,1H3,(H,20,22,23)/t6-,8+,9-,10-,11-,12-,13+,14+,15+,16-,17-,18-,19-,20-,21-,22-,23?,24-,25-;/m1./s1. The second-order valence-corrected chi connectivity index (χ2v) is 18.2. The van der Waals surface area contributed by atoms with Gasteiger partial charge in [-0.15, -0.1) is 0 Å². The van der Waals surface area contributed by atoms with Gasteiger partial charge < -0.3 is 105 Å². The van der Waals surface area contributed by atoms with Gasteiger partial charge in [-0.05, 0) is 48.7 Å². The van der Waals surface area contributed by atoms with Gasteiger partial charge in [0.25, 0.3) is 5.24 Å². The maximum atomic E-state index is 11.6. The lowest BCUT2D eigenvalue weighted by Gasteiger charge is -2.48. The number of anilines is 1. The minimum atomic E-state index is -1.93. The Kier molecular flexibility index (Phi) is 19.6. The smallest absolute Gasteiger partial charge is 0.286 e. The molecule has 2 unspecified atom stereocenters. The van der Waals surface area contributed by atoms with Crippen molar-refractivity contribution in [1.29, 1.82) is 0 Å². The van der Waals surface area contributed by atoms with Crippen LogP contribution in [0, 0.1) is 0 Å². The molecule has 0 spiro atoms. The second-order valence-electron chi connectivity index (χ2n) is 17.1. The lowest BCUT2D eigenvalue weighted by molar-refractivity contribution is -0.373. The van der Waals surface area contributed by atoms with Crippen LogP contribution in [0.2, 0.25) is 0 Å². The van der Waals surface area contributed by atoms with E-state index in [-0.39, 0.29) is 22.0 Å². The summed E-state index contributed by atoms with van der Waals surface area (Å²) >= 11 is 1.05. The van der Waals surface area contributed by atoms with Crippen LogP contribution < -0.4 is 20.3 Å². The average Bonchev–Trinajstić information content (AvgIpc) is 3.67. The highest BCUT2D eigenvalue weighted by Gasteiger charge is 2.53. The first-order valence-electron chi connectivity index (χ1n) is 22.1. The van der Waals surface area contributed by atoms with Crippen LogP contribution in [0.25, 0.3) is 0 Å². The topological polar surface area (TPSA) is 393 Å². The first kappa shape index (κ1) is 54.8.